The molecule has 1 heterocycles. The molecule has 0 unspecified atom stereocenters. The van der Waals surface area contributed by atoms with E-state index in [4.69, 9.17) is 21.7 Å². The van der Waals surface area contributed by atoms with E-state index >= 15 is 0 Å². The molecular formula is C19H16BrNO3S2. The number of rotatable bonds is 5. The number of halogens is 1. The normalized spacial score (nSPS) is 15.7. The van der Waals surface area contributed by atoms with Crippen LogP contribution in [0.4, 0.5) is 5.69 Å². The van der Waals surface area contributed by atoms with Crippen molar-refractivity contribution in [3.05, 3.63) is 57.4 Å². The third-order valence-corrected chi connectivity index (χ3v) is 5.44. The fourth-order valence-corrected chi connectivity index (χ4v) is 4.19. The predicted molar refractivity (Wildman–Crippen MR) is 114 cm³/mol. The van der Waals surface area contributed by atoms with Crippen LogP contribution >= 0.6 is 39.9 Å². The van der Waals surface area contributed by atoms with Gasteiger partial charge in [-0.25, -0.2) is 0 Å². The van der Waals surface area contributed by atoms with Gasteiger partial charge in [0.1, 0.15) is 0 Å². The molecule has 0 atom stereocenters. The lowest BCUT2D eigenvalue weighted by atomic mass is 10.2. The highest BCUT2D eigenvalue weighted by Crippen LogP contribution is 2.37. The molecule has 2 aromatic carbocycles. The summed E-state index contributed by atoms with van der Waals surface area (Å²) in [6.45, 7) is 2.47. The van der Waals surface area contributed by atoms with Gasteiger partial charge in [0, 0.05) is 4.47 Å². The summed E-state index contributed by atoms with van der Waals surface area (Å²) in [5.41, 5.74) is 1.59. The third kappa shape index (κ3) is 3.95. The SMILES string of the molecule is CCOc1ccc(/C=C2\SC(=S)N(c3cccc(Br)c3)C2=O)cc1OC. The van der Waals surface area contributed by atoms with E-state index in [9.17, 15) is 4.79 Å². The van der Waals surface area contributed by atoms with Crippen LogP contribution in [0.2, 0.25) is 0 Å². The van der Waals surface area contributed by atoms with Crippen molar-refractivity contribution in [2.75, 3.05) is 18.6 Å². The average Bonchev–Trinajstić information content (AvgIpc) is 2.90. The highest BCUT2D eigenvalue weighted by molar-refractivity contribution is 9.10. The number of thioether (sulfide) groups is 1. The lowest BCUT2D eigenvalue weighted by molar-refractivity contribution is -0.113. The van der Waals surface area contributed by atoms with Crippen molar-refractivity contribution in [3.8, 4) is 11.5 Å². The zero-order valence-corrected chi connectivity index (χ0v) is 17.4. The summed E-state index contributed by atoms with van der Waals surface area (Å²) in [5, 5.41) is 0. The van der Waals surface area contributed by atoms with Crippen LogP contribution in [0.1, 0.15) is 12.5 Å². The minimum Gasteiger partial charge on any atom is -0.493 e. The number of thiocarbonyl (C=S) groups is 1. The van der Waals surface area contributed by atoms with Gasteiger partial charge in [0.05, 0.1) is 24.3 Å². The second-order valence-electron chi connectivity index (χ2n) is 5.34. The second kappa shape index (κ2) is 8.24. The maximum absolute atomic E-state index is 12.8. The number of methoxy groups -OCH3 is 1. The Morgan fingerprint density at radius 3 is 2.73 bits per heavy atom. The van der Waals surface area contributed by atoms with E-state index in [1.807, 2.05) is 55.5 Å². The molecule has 2 aromatic rings. The fraction of sp³-hybridized carbons (Fsp3) is 0.158. The molecule has 26 heavy (non-hydrogen) atoms. The van der Waals surface area contributed by atoms with Gasteiger partial charge in [-0.05, 0) is 48.9 Å². The van der Waals surface area contributed by atoms with E-state index in [1.165, 1.54) is 11.8 Å². The van der Waals surface area contributed by atoms with Crippen LogP contribution in [-0.4, -0.2) is 23.9 Å². The van der Waals surface area contributed by atoms with E-state index in [0.717, 1.165) is 15.7 Å². The highest BCUT2D eigenvalue weighted by Gasteiger charge is 2.33. The van der Waals surface area contributed by atoms with Gasteiger partial charge in [-0.1, -0.05) is 52.0 Å². The van der Waals surface area contributed by atoms with Crippen LogP contribution in [0.3, 0.4) is 0 Å². The molecule has 0 aliphatic carbocycles. The Kier molecular flexibility index (Phi) is 6.01. The molecule has 1 aliphatic heterocycles. The van der Waals surface area contributed by atoms with E-state index in [0.29, 0.717) is 27.3 Å². The number of carbonyl (C=O) groups excluding carboxylic acids is 1. The highest BCUT2D eigenvalue weighted by atomic mass is 79.9. The standard InChI is InChI=1S/C19H16BrNO3S2/c1-3-24-15-8-7-12(9-16(15)23-2)10-17-18(22)21(19(25)26-17)14-6-4-5-13(20)11-14/h4-11H,3H2,1-2H3/b17-10-. The minimum absolute atomic E-state index is 0.133. The second-order valence-corrected chi connectivity index (χ2v) is 7.93. The van der Waals surface area contributed by atoms with Crippen molar-refractivity contribution in [1.82, 2.24) is 0 Å². The summed E-state index contributed by atoms with van der Waals surface area (Å²) in [7, 11) is 1.59. The van der Waals surface area contributed by atoms with Gasteiger partial charge in [-0.15, -0.1) is 0 Å². The van der Waals surface area contributed by atoms with Crippen molar-refractivity contribution in [2.24, 2.45) is 0 Å². The quantitative estimate of drug-likeness (QED) is 0.459. The Morgan fingerprint density at radius 1 is 1.23 bits per heavy atom. The zero-order chi connectivity index (χ0) is 18.7. The predicted octanol–water partition coefficient (Wildman–Crippen LogP) is 5.26. The van der Waals surface area contributed by atoms with E-state index in [-0.39, 0.29) is 5.91 Å². The maximum atomic E-state index is 12.8. The van der Waals surface area contributed by atoms with Crippen LogP contribution < -0.4 is 14.4 Å². The molecule has 3 rings (SSSR count). The molecule has 1 amide bonds. The van der Waals surface area contributed by atoms with Gasteiger partial charge in [-0.3, -0.25) is 9.69 Å². The number of benzene rings is 2. The van der Waals surface area contributed by atoms with Crippen molar-refractivity contribution < 1.29 is 14.3 Å². The number of amides is 1. The first-order valence-electron chi connectivity index (χ1n) is 7.88. The Hall–Kier alpha value is -1.83. The zero-order valence-electron chi connectivity index (χ0n) is 14.2. The third-order valence-electron chi connectivity index (χ3n) is 3.65. The number of ether oxygens (including phenoxy) is 2. The first kappa shape index (κ1) is 18.9. The van der Waals surface area contributed by atoms with Gasteiger partial charge in [0.25, 0.3) is 5.91 Å². The molecule has 7 heteroatoms. The van der Waals surface area contributed by atoms with Gasteiger partial charge < -0.3 is 9.47 Å². The molecule has 1 aliphatic rings. The lowest BCUT2D eigenvalue weighted by Crippen LogP contribution is -2.27. The molecular weight excluding hydrogens is 434 g/mol. The summed E-state index contributed by atoms with van der Waals surface area (Å²) in [5.74, 6) is 1.17. The molecule has 1 saturated heterocycles. The largest absolute Gasteiger partial charge is 0.493 e. The Morgan fingerprint density at radius 2 is 2.04 bits per heavy atom. The van der Waals surface area contributed by atoms with Crippen LogP contribution in [-0.2, 0) is 4.79 Å². The Labute approximate surface area is 170 Å². The molecule has 134 valence electrons. The molecule has 1 fully saturated rings. The molecule has 0 radical (unpaired) electrons. The number of hydrogen-bond donors (Lipinski definition) is 0. The van der Waals surface area contributed by atoms with E-state index in [1.54, 1.807) is 12.0 Å². The van der Waals surface area contributed by atoms with Crippen molar-refractivity contribution in [3.63, 3.8) is 0 Å². The summed E-state index contributed by atoms with van der Waals surface area (Å²) in [4.78, 5) is 14.9. The van der Waals surface area contributed by atoms with Gasteiger partial charge in [0.2, 0.25) is 0 Å². The number of carbonyl (C=O) groups is 1. The molecule has 0 spiro atoms. The molecule has 0 N–H and O–H groups in total. The van der Waals surface area contributed by atoms with Crippen molar-refractivity contribution in [1.29, 1.82) is 0 Å². The van der Waals surface area contributed by atoms with Crippen molar-refractivity contribution in [2.45, 2.75) is 6.92 Å². The van der Waals surface area contributed by atoms with Crippen LogP contribution in [0.5, 0.6) is 11.5 Å². The van der Waals surface area contributed by atoms with Gasteiger partial charge in [-0.2, -0.15) is 0 Å². The minimum atomic E-state index is -0.133. The van der Waals surface area contributed by atoms with Gasteiger partial charge in [0.15, 0.2) is 15.8 Å². The fourth-order valence-electron chi connectivity index (χ4n) is 2.51. The Bertz CT molecular complexity index is 898. The summed E-state index contributed by atoms with van der Waals surface area (Å²) in [6, 6.07) is 13.1. The average molecular weight is 450 g/mol. The molecule has 0 saturated carbocycles. The van der Waals surface area contributed by atoms with E-state index < -0.39 is 0 Å². The Balaban J connectivity index is 1.90. The number of anilines is 1. The van der Waals surface area contributed by atoms with E-state index in [2.05, 4.69) is 15.9 Å². The maximum Gasteiger partial charge on any atom is 0.270 e. The molecule has 4 nitrogen and oxygen atoms in total. The van der Waals surface area contributed by atoms with Crippen LogP contribution in [0.25, 0.3) is 6.08 Å². The first-order chi connectivity index (χ1) is 12.5. The smallest absolute Gasteiger partial charge is 0.270 e. The topological polar surface area (TPSA) is 38.8 Å². The number of hydrogen-bond acceptors (Lipinski definition) is 5. The monoisotopic (exact) mass is 449 g/mol. The van der Waals surface area contributed by atoms with Crippen LogP contribution in [0.15, 0.2) is 51.8 Å². The lowest BCUT2D eigenvalue weighted by Gasteiger charge is -2.14. The first-order valence-corrected chi connectivity index (χ1v) is 9.89. The molecule has 0 bridgehead atoms. The summed E-state index contributed by atoms with van der Waals surface area (Å²) < 4.78 is 12.3. The van der Waals surface area contributed by atoms with Gasteiger partial charge >= 0.3 is 0 Å². The summed E-state index contributed by atoms with van der Waals surface area (Å²) >= 11 is 10.1. The number of nitrogens with zero attached hydrogens (tertiary/aromatic N) is 1. The van der Waals surface area contributed by atoms with Crippen LogP contribution in [0, 0.1) is 0 Å². The van der Waals surface area contributed by atoms with Crippen molar-refractivity contribution >= 4 is 61.9 Å². The summed E-state index contributed by atoms with van der Waals surface area (Å²) in [6.07, 6.45) is 1.82. The molecule has 0 aromatic heterocycles.